The summed E-state index contributed by atoms with van der Waals surface area (Å²) >= 11 is 0. The lowest BCUT2D eigenvalue weighted by molar-refractivity contribution is -0.152. The fraction of sp³-hybridized carbons (Fsp3) is 0.875. The number of amides is 1. The highest BCUT2D eigenvalue weighted by Gasteiger charge is 2.45. The molecule has 124 valence electrons. The van der Waals surface area contributed by atoms with Gasteiger partial charge >= 0.3 is 12.1 Å². The van der Waals surface area contributed by atoms with Gasteiger partial charge in [-0.2, -0.15) is 0 Å². The van der Waals surface area contributed by atoms with Crippen molar-refractivity contribution in [2.75, 3.05) is 6.54 Å². The van der Waals surface area contributed by atoms with E-state index >= 15 is 0 Å². The van der Waals surface area contributed by atoms with Gasteiger partial charge in [-0.05, 0) is 40.0 Å². The third kappa shape index (κ3) is 5.56. The SMILES string of the molecule is CCCCC(CC)(C(=O)O)N(CCC)C(=O)OC(C)(C)C. The van der Waals surface area contributed by atoms with Crippen LogP contribution in [0.1, 0.15) is 73.6 Å². The Morgan fingerprint density at radius 1 is 1.10 bits per heavy atom. The van der Waals surface area contributed by atoms with Crippen molar-refractivity contribution in [1.82, 2.24) is 4.90 Å². The summed E-state index contributed by atoms with van der Waals surface area (Å²) in [7, 11) is 0. The highest BCUT2D eigenvalue weighted by Crippen LogP contribution is 2.29. The zero-order valence-corrected chi connectivity index (χ0v) is 14.4. The monoisotopic (exact) mass is 301 g/mol. The number of aliphatic carboxylic acids is 1. The third-order valence-corrected chi connectivity index (χ3v) is 3.50. The number of carbonyl (C=O) groups is 2. The van der Waals surface area contributed by atoms with E-state index in [1.165, 1.54) is 4.90 Å². The van der Waals surface area contributed by atoms with Crippen LogP contribution in [0.15, 0.2) is 0 Å². The average molecular weight is 301 g/mol. The van der Waals surface area contributed by atoms with Gasteiger partial charge in [-0.3, -0.25) is 4.90 Å². The van der Waals surface area contributed by atoms with Gasteiger partial charge in [-0.15, -0.1) is 0 Å². The largest absolute Gasteiger partial charge is 0.479 e. The molecule has 0 heterocycles. The zero-order valence-electron chi connectivity index (χ0n) is 14.4. The summed E-state index contributed by atoms with van der Waals surface area (Å²) in [5.74, 6) is -0.947. The summed E-state index contributed by atoms with van der Waals surface area (Å²) in [4.78, 5) is 25.8. The smallest absolute Gasteiger partial charge is 0.411 e. The molecule has 0 aliphatic rings. The van der Waals surface area contributed by atoms with Gasteiger partial charge in [0.15, 0.2) is 0 Å². The number of hydrogen-bond donors (Lipinski definition) is 1. The molecule has 0 aliphatic heterocycles. The summed E-state index contributed by atoms with van der Waals surface area (Å²) < 4.78 is 5.41. The highest BCUT2D eigenvalue weighted by atomic mass is 16.6. The summed E-state index contributed by atoms with van der Waals surface area (Å²) in [6, 6.07) is 0. The molecule has 0 saturated carbocycles. The van der Waals surface area contributed by atoms with E-state index in [1.807, 2.05) is 20.8 Å². The van der Waals surface area contributed by atoms with E-state index in [0.29, 0.717) is 25.8 Å². The Labute approximate surface area is 128 Å². The highest BCUT2D eigenvalue weighted by molar-refractivity contribution is 5.84. The molecule has 0 aromatic rings. The van der Waals surface area contributed by atoms with Crippen LogP contribution >= 0.6 is 0 Å². The van der Waals surface area contributed by atoms with Gasteiger partial charge in [0.25, 0.3) is 0 Å². The zero-order chi connectivity index (χ0) is 16.7. The number of rotatable bonds is 8. The molecule has 1 atom stereocenters. The van der Waals surface area contributed by atoms with Crippen molar-refractivity contribution in [3.8, 4) is 0 Å². The third-order valence-electron chi connectivity index (χ3n) is 3.50. The van der Waals surface area contributed by atoms with Crippen molar-refractivity contribution in [1.29, 1.82) is 0 Å². The number of nitrogens with zero attached hydrogens (tertiary/aromatic N) is 1. The molecule has 5 nitrogen and oxygen atoms in total. The first-order chi connectivity index (χ1) is 9.64. The predicted octanol–water partition coefficient (Wildman–Crippen LogP) is 4.06. The van der Waals surface area contributed by atoms with E-state index in [0.717, 1.165) is 12.8 Å². The van der Waals surface area contributed by atoms with Crippen molar-refractivity contribution >= 4 is 12.1 Å². The van der Waals surface area contributed by atoms with Crippen LogP contribution in [-0.2, 0) is 9.53 Å². The molecule has 0 spiro atoms. The summed E-state index contributed by atoms with van der Waals surface area (Å²) in [5.41, 5.74) is -1.81. The lowest BCUT2D eigenvalue weighted by Gasteiger charge is -2.40. The standard InChI is InChI=1S/C16H31NO4/c1-7-10-11-16(9-3,13(18)19)17(12-8-2)14(20)21-15(4,5)6/h7-12H2,1-6H3,(H,18,19). The molecule has 5 heteroatoms. The Hall–Kier alpha value is -1.26. The Kier molecular flexibility index (Phi) is 7.75. The summed E-state index contributed by atoms with van der Waals surface area (Å²) in [5, 5.41) is 9.75. The van der Waals surface area contributed by atoms with Crippen LogP contribution in [0.4, 0.5) is 4.79 Å². The summed E-state index contributed by atoms with van der Waals surface area (Å²) in [6.45, 7) is 11.5. The minimum absolute atomic E-state index is 0.377. The van der Waals surface area contributed by atoms with Crippen LogP contribution in [0, 0.1) is 0 Å². The second-order valence-electron chi connectivity index (χ2n) is 6.43. The first-order valence-electron chi connectivity index (χ1n) is 7.88. The maximum Gasteiger partial charge on any atom is 0.411 e. The average Bonchev–Trinajstić information content (AvgIpc) is 2.36. The Balaban J connectivity index is 5.50. The van der Waals surface area contributed by atoms with Crippen molar-refractivity contribution in [2.24, 2.45) is 0 Å². The molecule has 0 aromatic carbocycles. The van der Waals surface area contributed by atoms with Crippen molar-refractivity contribution < 1.29 is 19.4 Å². The molecular formula is C16H31NO4. The van der Waals surface area contributed by atoms with Crippen molar-refractivity contribution in [3.05, 3.63) is 0 Å². The van der Waals surface area contributed by atoms with E-state index in [-0.39, 0.29) is 0 Å². The number of unbranched alkanes of at least 4 members (excludes halogenated alkanes) is 1. The molecule has 0 aromatic heterocycles. The van der Waals surface area contributed by atoms with Gasteiger partial charge in [-0.1, -0.05) is 33.6 Å². The second-order valence-corrected chi connectivity index (χ2v) is 6.43. The van der Waals surface area contributed by atoms with E-state index in [1.54, 1.807) is 20.8 Å². The Morgan fingerprint density at radius 2 is 1.67 bits per heavy atom. The van der Waals surface area contributed by atoms with Gasteiger partial charge in [0.1, 0.15) is 11.1 Å². The first kappa shape index (κ1) is 19.7. The number of carboxylic acids is 1. The summed E-state index contributed by atoms with van der Waals surface area (Å²) in [6.07, 6.45) is 2.65. The minimum atomic E-state index is -1.17. The van der Waals surface area contributed by atoms with Crippen molar-refractivity contribution in [2.45, 2.75) is 84.8 Å². The van der Waals surface area contributed by atoms with Crippen LogP contribution in [0.25, 0.3) is 0 Å². The minimum Gasteiger partial charge on any atom is -0.479 e. The van der Waals surface area contributed by atoms with Crippen molar-refractivity contribution in [3.63, 3.8) is 0 Å². The second kappa shape index (κ2) is 8.25. The topological polar surface area (TPSA) is 66.8 Å². The molecule has 1 amide bonds. The van der Waals surface area contributed by atoms with Crippen LogP contribution in [0.5, 0.6) is 0 Å². The van der Waals surface area contributed by atoms with Crippen LogP contribution in [0.2, 0.25) is 0 Å². The molecule has 0 fully saturated rings. The van der Waals surface area contributed by atoms with E-state index in [9.17, 15) is 14.7 Å². The maximum absolute atomic E-state index is 12.5. The van der Waals surface area contributed by atoms with Crippen LogP contribution < -0.4 is 0 Å². The molecule has 0 aliphatic carbocycles. The molecule has 1 N–H and O–H groups in total. The van der Waals surface area contributed by atoms with Gasteiger partial charge in [-0.25, -0.2) is 9.59 Å². The molecule has 0 rings (SSSR count). The predicted molar refractivity (Wildman–Crippen MR) is 83.4 cm³/mol. The van der Waals surface area contributed by atoms with Gasteiger partial charge in [0.2, 0.25) is 0 Å². The number of carboxylic acid groups (broad SMARTS) is 1. The number of hydrogen-bond acceptors (Lipinski definition) is 3. The molecule has 0 radical (unpaired) electrons. The molecule has 0 bridgehead atoms. The fourth-order valence-corrected chi connectivity index (χ4v) is 2.37. The number of carbonyl (C=O) groups excluding carboxylic acids is 1. The lowest BCUT2D eigenvalue weighted by Crippen LogP contribution is -2.58. The quantitative estimate of drug-likeness (QED) is 0.734. The van der Waals surface area contributed by atoms with Crippen LogP contribution in [-0.4, -0.2) is 39.8 Å². The van der Waals surface area contributed by atoms with Gasteiger partial charge in [0.05, 0.1) is 0 Å². The molecule has 1 unspecified atom stereocenters. The van der Waals surface area contributed by atoms with Gasteiger partial charge in [0, 0.05) is 6.54 Å². The van der Waals surface area contributed by atoms with Gasteiger partial charge < -0.3 is 9.84 Å². The fourth-order valence-electron chi connectivity index (χ4n) is 2.37. The van der Waals surface area contributed by atoms with E-state index in [4.69, 9.17) is 4.74 Å². The molecule has 0 saturated heterocycles. The van der Waals surface area contributed by atoms with Crippen LogP contribution in [0.3, 0.4) is 0 Å². The molecular weight excluding hydrogens is 270 g/mol. The number of ether oxygens (including phenoxy) is 1. The molecule has 21 heavy (non-hydrogen) atoms. The first-order valence-corrected chi connectivity index (χ1v) is 7.88. The Bertz CT molecular complexity index is 349. The normalized spacial score (nSPS) is 14.4. The van der Waals surface area contributed by atoms with E-state index in [2.05, 4.69) is 0 Å². The Morgan fingerprint density at radius 3 is 2.00 bits per heavy atom. The maximum atomic E-state index is 12.5. The lowest BCUT2D eigenvalue weighted by atomic mass is 9.87. The van der Waals surface area contributed by atoms with E-state index < -0.39 is 23.2 Å².